The van der Waals surface area contributed by atoms with Crippen molar-refractivity contribution in [2.75, 3.05) is 0 Å². The lowest BCUT2D eigenvalue weighted by atomic mass is 10.1. The van der Waals surface area contributed by atoms with Crippen molar-refractivity contribution in [1.82, 2.24) is 4.98 Å². The van der Waals surface area contributed by atoms with E-state index in [0.717, 1.165) is 20.2 Å². The van der Waals surface area contributed by atoms with Gasteiger partial charge in [-0.05, 0) is 35.9 Å². The molecule has 3 rings (SSSR count). The first kappa shape index (κ1) is 11.1. The second kappa shape index (κ2) is 4.31. The summed E-state index contributed by atoms with van der Waals surface area (Å²) in [6.45, 7) is 0. The van der Waals surface area contributed by atoms with E-state index < -0.39 is 0 Å². The minimum absolute atomic E-state index is 1.09. The van der Waals surface area contributed by atoms with E-state index in [9.17, 15) is 0 Å². The molecule has 0 radical (unpaired) electrons. The molecule has 0 amide bonds. The molecule has 3 heteroatoms. The smallest absolute Gasteiger partial charge is 0.0470 e. The van der Waals surface area contributed by atoms with Crippen LogP contribution in [0.2, 0.25) is 0 Å². The van der Waals surface area contributed by atoms with Crippen LogP contribution in [-0.2, 0) is 0 Å². The number of rotatable bonds is 1. The fraction of sp³-hybridized carbons (Fsp3) is 0. The minimum atomic E-state index is 1.09. The Labute approximate surface area is 116 Å². The summed E-state index contributed by atoms with van der Waals surface area (Å²) in [5.74, 6) is 0. The molecule has 0 aliphatic rings. The number of fused-ring (bicyclic) bond motifs is 1. The zero-order chi connectivity index (χ0) is 11.8. The Hall–Kier alpha value is -1.06. The van der Waals surface area contributed by atoms with Gasteiger partial charge in [-0.25, -0.2) is 0 Å². The molecule has 1 nitrogen and oxygen atoms in total. The van der Waals surface area contributed by atoms with Gasteiger partial charge in [0.2, 0.25) is 0 Å². The standard InChI is InChI=1S/C14H9Br2N/c15-11-3-1-2-9(6-11)13-7-10-4-5-12(16)8-14(10)17-13/h1-8,17H. The number of hydrogen-bond donors (Lipinski definition) is 1. The molecule has 0 atom stereocenters. The van der Waals surface area contributed by atoms with E-state index in [4.69, 9.17) is 0 Å². The van der Waals surface area contributed by atoms with Crippen molar-refractivity contribution in [3.05, 3.63) is 57.5 Å². The first-order chi connectivity index (χ1) is 8.22. The lowest BCUT2D eigenvalue weighted by Crippen LogP contribution is -1.76. The van der Waals surface area contributed by atoms with Crippen molar-refractivity contribution in [3.63, 3.8) is 0 Å². The first-order valence-corrected chi connectivity index (χ1v) is 6.85. The van der Waals surface area contributed by atoms with E-state index in [1.165, 1.54) is 10.9 Å². The van der Waals surface area contributed by atoms with E-state index >= 15 is 0 Å². The Kier molecular flexibility index (Phi) is 2.81. The molecule has 1 heterocycles. The van der Waals surface area contributed by atoms with Gasteiger partial charge in [-0.2, -0.15) is 0 Å². The summed E-state index contributed by atoms with van der Waals surface area (Å²) >= 11 is 6.98. The van der Waals surface area contributed by atoms with E-state index in [2.05, 4.69) is 73.2 Å². The van der Waals surface area contributed by atoms with Crippen LogP contribution in [0.3, 0.4) is 0 Å². The molecule has 0 saturated carbocycles. The van der Waals surface area contributed by atoms with Crippen LogP contribution in [0.15, 0.2) is 57.5 Å². The largest absolute Gasteiger partial charge is 0.354 e. The minimum Gasteiger partial charge on any atom is -0.354 e. The van der Waals surface area contributed by atoms with Crippen LogP contribution < -0.4 is 0 Å². The van der Waals surface area contributed by atoms with Crippen molar-refractivity contribution >= 4 is 42.8 Å². The highest BCUT2D eigenvalue weighted by molar-refractivity contribution is 9.10. The Balaban J connectivity index is 2.18. The van der Waals surface area contributed by atoms with Gasteiger partial charge in [0.15, 0.2) is 0 Å². The highest BCUT2D eigenvalue weighted by Gasteiger charge is 2.03. The maximum atomic E-state index is 3.49. The van der Waals surface area contributed by atoms with E-state index in [1.807, 2.05) is 12.1 Å². The van der Waals surface area contributed by atoms with Gasteiger partial charge in [-0.1, -0.05) is 50.1 Å². The third kappa shape index (κ3) is 2.17. The Morgan fingerprint density at radius 3 is 2.47 bits per heavy atom. The van der Waals surface area contributed by atoms with Gasteiger partial charge in [0.25, 0.3) is 0 Å². The SMILES string of the molecule is Brc1cccc(-c2cc3ccc(Br)cc3[nH]2)c1. The molecule has 1 N–H and O–H groups in total. The fourth-order valence-corrected chi connectivity index (χ4v) is 2.67. The van der Waals surface area contributed by atoms with Crippen LogP contribution >= 0.6 is 31.9 Å². The van der Waals surface area contributed by atoms with Crippen LogP contribution in [-0.4, -0.2) is 4.98 Å². The third-order valence-electron chi connectivity index (χ3n) is 2.72. The molecule has 1 aromatic heterocycles. The normalized spacial score (nSPS) is 10.9. The topological polar surface area (TPSA) is 15.8 Å². The molecule has 84 valence electrons. The van der Waals surface area contributed by atoms with Crippen molar-refractivity contribution in [2.45, 2.75) is 0 Å². The number of halogens is 2. The number of H-pyrrole nitrogens is 1. The van der Waals surface area contributed by atoms with Gasteiger partial charge in [-0.15, -0.1) is 0 Å². The summed E-state index contributed by atoms with van der Waals surface area (Å²) < 4.78 is 2.18. The Bertz CT molecular complexity index is 686. The molecule has 0 aliphatic carbocycles. The monoisotopic (exact) mass is 349 g/mol. The second-order valence-corrected chi connectivity index (χ2v) is 5.76. The molecule has 0 spiro atoms. The van der Waals surface area contributed by atoms with Gasteiger partial charge >= 0.3 is 0 Å². The van der Waals surface area contributed by atoms with Gasteiger partial charge in [0, 0.05) is 25.5 Å². The lowest BCUT2D eigenvalue weighted by Gasteiger charge is -1.97. The van der Waals surface area contributed by atoms with Gasteiger partial charge in [-0.3, -0.25) is 0 Å². The molecule has 3 aromatic rings. The number of benzene rings is 2. The molecule has 2 aromatic carbocycles. The van der Waals surface area contributed by atoms with Gasteiger partial charge < -0.3 is 4.98 Å². The average molecular weight is 351 g/mol. The Morgan fingerprint density at radius 2 is 1.65 bits per heavy atom. The molecular weight excluding hydrogens is 342 g/mol. The summed E-state index contributed by atoms with van der Waals surface area (Å²) in [6, 6.07) is 16.7. The van der Waals surface area contributed by atoms with Gasteiger partial charge in [0.05, 0.1) is 0 Å². The number of hydrogen-bond acceptors (Lipinski definition) is 0. The summed E-state index contributed by atoms with van der Waals surface area (Å²) in [5, 5.41) is 1.23. The van der Waals surface area contributed by atoms with Crippen molar-refractivity contribution in [2.24, 2.45) is 0 Å². The van der Waals surface area contributed by atoms with Crippen molar-refractivity contribution < 1.29 is 0 Å². The van der Waals surface area contributed by atoms with Crippen LogP contribution in [0.1, 0.15) is 0 Å². The maximum Gasteiger partial charge on any atom is 0.0470 e. The fourth-order valence-electron chi connectivity index (χ4n) is 1.91. The zero-order valence-corrected chi connectivity index (χ0v) is 12.0. The molecule has 0 unspecified atom stereocenters. The summed E-state index contributed by atoms with van der Waals surface area (Å²) in [7, 11) is 0. The predicted molar refractivity (Wildman–Crippen MR) is 79.1 cm³/mol. The predicted octanol–water partition coefficient (Wildman–Crippen LogP) is 5.36. The molecule has 0 fully saturated rings. The summed E-state index contributed by atoms with van der Waals surface area (Å²) in [6.07, 6.45) is 0. The zero-order valence-electron chi connectivity index (χ0n) is 8.87. The van der Waals surface area contributed by atoms with E-state index in [1.54, 1.807) is 0 Å². The molecular formula is C14H9Br2N. The van der Waals surface area contributed by atoms with E-state index in [-0.39, 0.29) is 0 Å². The highest BCUT2D eigenvalue weighted by atomic mass is 79.9. The first-order valence-electron chi connectivity index (χ1n) is 5.26. The average Bonchev–Trinajstić information content (AvgIpc) is 2.72. The van der Waals surface area contributed by atoms with Crippen LogP contribution in [0, 0.1) is 0 Å². The molecule has 0 saturated heterocycles. The lowest BCUT2D eigenvalue weighted by molar-refractivity contribution is 1.44. The summed E-state index contributed by atoms with van der Waals surface area (Å²) in [4.78, 5) is 3.43. The molecule has 0 aliphatic heterocycles. The van der Waals surface area contributed by atoms with Crippen LogP contribution in [0.5, 0.6) is 0 Å². The maximum absolute atomic E-state index is 3.49. The Morgan fingerprint density at radius 1 is 0.824 bits per heavy atom. The second-order valence-electron chi connectivity index (χ2n) is 3.92. The van der Waals surface area contributed by atoms with Crippen molar-refractivity contribution in [1.29, 1.82) is 0 Å². The van der Waals surface area contributed by atoms with Crippen molar-refractivity contribution in [3.8, 4) is 11.3 Å². The van der Waals surface area contributed by atoms with E-state index in [0.29, 0.717) is 0 Å². The van der Waals surface area contributed by atoms with Gasteiger partial charge in [0.1, 0.15) is 0 Å². The summed E-state index contributed by atoms with van der Waals surface area (Å²) in [5.41, 5.74) is 3.47. The number of nitrogens with one attached hydrogen (secondary N) is 1. The highest BCUT2D eigenvalue weighted by Crippen LogP contribution is 2.27. The number of aromatic amines is 1. The number of aromatic nitrogens is 1. The van der Waals surface area contributed by atoms with Crippen LogP contribution in [0.25, 0.3) is 22.2 Å². The third-order valence-corrected chi connectivity index (χ3v) is 3.71. The molecule has 17 heavy (non-hydrogen) atoms. The quantitative estimate of drug-likeness (QED) is 0.608. The van der Waals surface area contributed by atoms with Crippen LogP contribution in [0.4, 0.5) is 0 Å². The molecule has 0 bridgehead atoms.